The zero-order valence-electron chi connectivity index (χ0n) is 4.24. The molecule has 0 aromatic rings. The molecule has 0 rings (SSSR count). The second kappa shape index (κ2) is 5.96. The van der Waals surface area contributed by atoms with Crippen molar-refractivity contribution < 1.29 is 4.74 Å². The van der Waals surface area contributed by atoms with Gasteiger partial charge in [0.2, 0.25) is 0 Å². The van der Waals surface area contributed by atoms with E-state index < -0.39 is 0 Å². The summed E-state index contributed by atoms with van der Waals surface area (Å²) in [5.41, 5.74) is -0.329. The third kappa shape index (κ3) is 4.98. The summed E-state index contributed by atoms with van der Waals surface area (Å²) < 4.78 is 4.73. The summed E-state index contributed by atoms with van der Waals surface area (Å²) in [5.74, 6) is 0.505. The number of hydrogen-bond donors (Lipinski definition) is 0. The molecule has 1 atom stereocenters. The summed E-state index contributed by atoms with van der Waals surface area (Å²) in [6.07, 6.45) is 0.635. The topological polar surface area (TPSA) is 9.23 Å². The molecule has 0 aliphatic carbocycles. The maximum Gasteiger partial charge on any atom is 0.133 e. The van der Waals surface area contributed by atoms with Gasteiger partial charge in [-0.1, -0.05) is 23.2 Å². The monoisotopic (exact) mass is 176 g/mol. The first kappa shape index (κ1) is 8.83. The lowest BCUT2D eigenvalue weighted by molar-refractivity contribution is 0.147. The molecule has 0 saturated heterocycles. The van der Waals surface area contributed by atoms with Crippen LogP contribution in [0.2, 0.25) is 0 Å². The first-order valence-corrected chi connectivity index (χ1v) is 3.69. The molecule has 0 aliphatic rings. The molecular formula is C4H7Cl3O. The van der Waals surface area contributed by atoms with Gasteiger partial charge in [-0.2, -0.15) is 0 Å². The molecule has 0 aliphatic heterocycles. The predicted octanol–water partition coefficient (Wildman–Crippen LogP) is 2.39. The molecule has 1 nitrogen and oxygen atoms in total. The van der Waals surface area contributed by atoms with Gasteiger partial charge in [-0.15, -0.1) is 11.6 Å². The lowest BCUT2D eigenvalue weighted by atomic mass is 10.5. The SMILES string of the molecule is ClCCC(Cl)OCCl. The fraction of sp³-hybridized carbons (Fsp3) is 1.00. The average Bonchev–Trinajstić information content (AvgIpc) is 1.68. The van der Waals surface area contributed by atoms with Crippen LogP contribution in [-0.4, -0.2) is 17.5 Å². The van der Waals surface area contributed by atoms with Gasteiger partial charge in [0.15, 0.2) is 0 Å². The van der Waals surface area contributed by atoms with Gasteiger partial charge in [-0.25, -0.2) is 0 Å². The Morgan fingerprint density at radius 2 is 2.00 bits per heavy atom. The molecular weight excluding hydrogens is 170 g/mol. The lowest BCUT2D eigenvalue weighted by Gasteiger charge is -2.03. The number of alkyl halides is 3. The van der Waals surface area contributed by atoms with E-state index in [0.29, 0.717) is 12.3 Å². The molecule has 0 spiro atoms. The van der Waals surface area contributed by atoms with Gasteiger partial charge >= 0.3 is 0 Å². The van der Waals surface area contributed by atoms with E-state index in [1.807, 2.05) is 0 Å². The van der Waals surface area contributed by atoms with Crippen LogP contribution < -0.4 is 0 Å². The highest BCUT2D eigenvalue weighted by Crippen LogP contribution is 2.04. The number of hydrogen-bond acceptors (Lipinski definition) is 1. The Hall–Kier alpha value is 0.830. The summed E-state index contributed by atoms with van der Waals surface area (Å²) in [4.78, 5) is 0. The molecule has 0 aromatic heterocycles. The zero-order chi connectivity index (χ0) is 6.41. The highest BCUT2D eigenvalue weighted by atomic mass is 35.5. The Kier molecular flexibility index (Phi) is 6.58. The molecule has 0 saturated carbocycles. The third-order valence-electron chi connectivity index (χ3n) is 0.580. The molecule has 4 heteroatoms. The van der Waals surface area contributed by atoms with Crippen LogP contribution in [0.3, 0.4) is 0 Å². The summed E-state index contributed by atoms with van der Waals surface area (Å²) in [6, 6.07) is 0.130. The van der Waals surface area contributed by atoms with Crippen molar-refractivity contribution in [2.75, 3.05) is 11.9 Å². The Morgan fingerprint density at radius 3 is 2.38 bits per heavy atom. The van der Waals surface area contributed by atoms with Crippen LogP contribution in [0.25, 0.3) is 0 Å². The summed E-state index contributed by atoms with van der Waals surface area (Å²) in [7, 11) is 0. The van der Waals surface area contributed by atoms with Crippen molar-refractivity contribution in [2.24, 2.45) is 0 Å². The van der Waals surface area contributed by atoms with Crippen molar-refractivity contribution in [1.29, 1.82) is 0 Å². The van der Waals surface area contributed by atoms with E-state index in [-0.39, 0.29) is 11.6 Å². The van der Waals surface area contributed by atoms with Crippen LogP contribution in [0.4, 0.5) is 0 Å². The second-order valence-corrected chi connectivity index (χ2v) is 2.25. The zero-order valence-corrected chi connectivity index (χ0v) is 6.51. The molecule has 0 aromatic carbocycles. The molecule has 8 heavy (non-hydrogen) atoms. The van der Waals surface area contributed by atoms with Gasteiger partial charge < -0.3 is 4.74 Å². The molecule has 0 N–H and O–H groups in total. The van der Waals surface area contributed by atoms with Gasteiger partial charge in [0.1, 0.15) is 11.6 Å². The summed E-state index contributed by atoms with van der Waals surface area (Å²) in [6.45, 7) is 0. The van der Waals surface area contributed by atoms with Crippen LogP contribution in [0.15, 0.2) is 0 Å². The van der Waals surface area contributed by atoms with Crippen LogP contribution in [0.5, 0.6) is 0 Å². The molecule has 0 bridgehead atoms. The van der Waals surface area contributed by atoms with E-state index in [9.17, 15) is 0 Å². The molecule has 0 heterocycles. The van der Waals surface area contributed by atoms with Gasteiger partial charge in [0.25, 0.3) is 0 Å². The van der Waals surface area contributed by atoms with Crippen molar-refractivity contribution in [1.82, 2.24) is 0 Å². The van der Waals surface area contributed by atoms with E-state index in [2.05, 4.69) is 0 Å². The average molecular weight is 177 g/mol. The molecule has 50 valence electrons. The number of halogens is 3. The largest absolute Gasteiger partial charge is 0.347 e. The van der Waals surface area contributed by atoms with Crippen molar-refractivity contribution in [2.45, 2.75) is 12.0 Å². The van der Waals surface area contributed by atoms with Crippen molar-refractivity contribution >= 4 is 34.8 Å². The van der Waals surface area contributed by atoms with Crippen LogP contribution in [0.1, 0.15) is 6.42 Å². The van der Waals surface area contributed by atoms with Crippen LogP contribution in [0, 0.1) is 0 Å². The predicted molar refractivity (Wildman–Crippen MR) is 36.8 cm³/mol. The Labute approximate surface area is 63.9 Å². The van der Waals surface area contributed by atoms with Gasteiger partial charge in [0.05, 0.1) is 0 Å². The molecule has 0 radical (unpaired) electrons. The van der Waals surface area contributed by atoms with E-state index in [1.54, 1.807) is 0 Å². The van der Waals surface area contributed by atoms with Gasteiger partial charge in [-0.05, 0) is 0 Å². The minimum atomic E-state index is -0.329. The number of rotatable bonds is 4. The minimum absolute atomic E-state index is 0.130. The van der Waals surface area contributed by atoms with Crippen molar-refractivity contribution in [3.8, 4) is 0 Å². The van der Waals surface area contributed by atoms with E-state index in [0.717, 1.165) is 0 Å². The molecule has 0 amide bonds. The standard InChI is InChI=1S/C4H7Cl3O/c5-2-1-4(7)8-3-6/h4H,1-3H2. The quantitative estimate of drug-likeness (QED) is 0.599. The minimum Gasteiger partial charge on any atom is -0.347 e. The second-order valence-electron chi connectivity index (χ2n) is 1.16. The van der Waals surface area contributed by atoms with Crippen molar-refractivity contribution in [3.63, 3.8) is 0 Å². The van der Waals surface area contributed by atoms with Crippen molar-refractivity contribution in [3.05, 3.63) is 0 Å². The summed E-state index contributed by atoms with van der Waals surface area (Å²) >= 11 is 16.0. The molecule has 0 fully saturated rings. The van der Waals surface area contributed by atoms with E-state index in [4.69, 9.17) is 39.5 Å². The van der Waals surface area contributed by atoms with Gasteiger partial charge in [0, 0.05) is 12.3 Å². The molecule has 1 unspecified atom stereocenters. The van der Waals surface area contributed by atoms with E-state index in [1.165, 1.54) is 0 Å². The highest BCUT2D eigenvalue weighted by molar-refractivity contribution is 6.22. The Morgan fingerprint density at radius 1 is 1.38 bits per heavy atom. The van der Waals surface area contributed by atoms with Crippen LogP contribution >= 0.6 is 34.8 Å². The maximum atomic E-state index is 5.49. The first-order chi connectivity index (χ1) is 3.81. The Bertz CT molecular complexity index is 44.5. The Balaban J connectivity index is 2.92. The maximum absolute atomic E-state index is 5.49. The summed E-state index contributed by atoms with van der Waals surface area (Å²) in [5, 5.41) is 0. The third-order valence-corrected chi connectivity index (χ3v) is 1.27. The lowest BCUT2D eigenvalue weighted by Crippen LogP contribution is -2.03. The highest BCUT2D eigenvalue weighted by Gasteiger charge is 1.99. The van der Waals surface area contributed by atoms with E-state index >= 15 is 0 Å². The van der Waals surface area contributed by atoms with Gasteiger partial charge in [-0.3, -0.25) is 0 Å². The smallest absolute Gasteiger partial charge is 0.133 e. The fourth-order valence-electron chi connectivity index (χ4n) is 0.237. The normalized spacial score (nSPS) is 13.9. The first-order valence-electron chi connectivity index (χ1n) is 2.19. The van der Waals surface area contributed by atoms with Crippen LogP contribution in [-0.2, 0) is 4.74 Å². The fourth-order valence-corrected chi connectivity index (χ4v) is 0.936. The number of ether oxygens (including phenoxy) is 1.